The van der Waals surface area contributed by atoms with E-state index < -0.39 is 5.97 Å². The number of hydrogen-bond acceptors (Lipinski definition) is 5. The smallest absolute Gasteiger partial charge is 0.498 e. The Morgan fingerprint density at radius 3 is 2.23 bits per heavy atom. The number of benzene rings is 2. The molecule has 0 amide bonds. The van der Waals surface area contributed by atoms with Crippen LogP contribution in [0.3, 0.4) is 0 Å². The van der Waals surface area contributed by atoms with Gasteiger partial charge in [0, 0.05) is 14.0 Å². The number of fused-ring (bicyclic) bond motifs is 2. The molecule has 0 spiro atoms. The van der Waals surface area contributed by atoms with Crippen LogP contribution in [0.25, 0.3) is 10.8 Å². The van der Waals surface area contributed by atoms with Gasteiger partial charge in [-0.3, -0.25) is 18.7 Å². The quantitative estimate of drug-likeness (QED) is 0.425. The van der Waals surface area contributed by atoms with Gasteiger partial charge in [0.25, 0.3) is 11.5 Å². The minimum atomic E-state index is -0.833. The molecular weight excluding hydrogens is 480 g/mol. The van der Waals surface area contributed by atoms with Crippen molar-refractivity contribution in [3.63, 3.8) is 0 Å². The van der Waals surface area contributed by atoms with E-state index >= 15 is 0 Å². The summed E-state index contributed by atoms with van der Waals surface area (Å²) in [4.78, 5) is 38.2. The third-order valence-corrected chi connectivity index (χ3v) is 4.68. The molecule has 0 aliphatic carbocycles. The fourth-order valence-electron chi connectivity index (χ4n) is 3.48. The molecule has 0 atom stereocenters. The minimum Gasteiger partial charge on any atom is -0.498 e. The van der Waals surface area contributed by atoms with Crippen molar-refractivity contribution in [2.75, 3.05) is 23.9 Å². The average Bonchev–Trinajstić information content (AvgIpc) is 2.97. The second-order valence-electron chi connectivity index (χ2n) is 6.94. The van der Waals surface area contributed by atoms with Gasteiger partial charge in [-0.1, -0.05) is 36.4 Å². The van der Waals surface area contributed by atoms with Crippen molar-refractivity contribution in [2.24, 2.45) is 7.05 Å². The van der Waals surface area contributed by atoms with E-state index in [1.54, 1.807) is 23.5 Å². The predicted molar refractivity (Wildman–Crippen MR) is 113 cm³/mol. The number of aromatic nitrogens is 2. The summed E-state index contributed by atoms with van der Waals surface area (Å²) in [6.45, 7) is 3.13. The molecule has 3 aromatic rings. The molecule has 0 fully saturated rings. The maximum Gasteiger partial charge on any atom is 1.00 e. The Balaban J connectivity index is 0.000000591. The van der Waals surface area contributed by atoms with Gasteiger partial charge in [0.2, 0.25) is 0 Å². The van der Waals surface area contributed by atoms with E-state index in [4.69, 9.17) is 9.90 Å². The monoisotopic (exact) mass is 502 g/mol. The van der Waals surface area contributed by atoms with Crippen molar-refractivity contribution >= 4 is 28.2 Å². The molecule has 30 heavy (non-hydrogen) atoms. The van der Waals surface area contributed by atoms with Crippen LogP contribution in [0.1, 0.15) is 12.5 Å². The summed E-state index contributed by atoms with van der Waals surface area (Å²) < 4.78 is 2.82. The molecule has 2 heterocycles. The van der Waals surface area contributed by atoms with E-state index in [1.165, 1.54) is 9.13 Å². The second kappa shape index (κ2) is 9.34. The third kappa shape index (κ3) is 4.51. The van der Waals surface area contributed by atoms with E-state index in [0.29, 0.717) is 11.5 Å². The molecule has 1 N–H and O–H groups in total. The van der Waals surface area contributed by atoms with Crippen LogP contribution in [0.4, 0.5) is 11.5 Å². The van der Waals surface area contributed by atoms with Crippen LogP contribution < -0.4 is 21.0 Å². The molecule has 9 heteroatoms. The predicted octanol–water partition coefficient (Wildman–Crippen LogP) is 1.84. The Labute approximate surface area is 189 Å². The number of carbonyl (C=O) groups is 1. The van der Waals surface area contributed by atoms with Crippen LogP contribution in [0.15, 0.2) is 52.1 Å². The summed E-state index contributed by atoms with van der Waals surface area (Å²) >= 11 is 0. The number of carboxylic acids is 1. The zero-order valence-electron chi connectivity index (χ0n) is 17.1. The number of nitrogens with zero attached hydrogens (tertiary/aromatic N) is 4. The average molecular weight is 503 g/mol. The largest absolute Gasteiger partial charge is 1.00 e. The van der Waals surface area contributed by atoms with Crippen LogP contribution >= 0.6 is 0 Å². The molecule has 1 aromatic heterocycles. The van der Waals surface area contributed by atoms with Gasteiger partial charge < -0.3 is 14.9 Å². The summed E-state index contributed by atoms with van der Waals surface area (Å²) in [6.07, 6.45) is 0. The Kier molecular flexibility index (Phi) is 7.30. The van der Waals surface area contributed by atoms with E-state index in [-0.39, 0.29) is 40.2 Å². The summed E-state index contributed by atoms with van der Waals surface area (Å²) in [7, 11) is 5.34. The molecular formula is C21H23AgN4O4. The molecule has 0 saturated carbocycles. The molecule has 0 bridgehead atoms. The molecule has 8 nitrogen and oxygen atoms in total. The maximum absolute atomic E-state index is 12.9. The summed E-state index contributed by atoms with van der Waals surface area (Å²) in [5.74, 6) is -0.215. The number of aliphatic carboxylic acids is 1. The van der Waals surface area contributed by atoms with Gasteiger partial charge >= 0.3 is 28.1 Å². The van der Waals surface area contributed by atoms with E-state index in [0.717, 1.165) is 23.3 Å². The fraction of sp³-hybridized carbons (Fsp3) is 0.238. The van der Waals surface area contributed by atoms with Gasteiger partial charge in [0.05, 0.1) is 6.54 Å². The molecule has 0 radical (unpaired) electrons. The van der Waals surface area contributed by atoms with E-state index in [9.17, 15) is 9.59 Å². The first kappa shape index (κ1) is 23.5. The topological polar surface area (TPSA) is 87.8 Å². The summed E-state index contributed by atoms with van der Waals surface area (Å²) in [5.41, 5.74) is 0.864. The van der Waals surface area contributed by atoms with Crippen molar-refractivity contribution in [3.05, 3.63) is 75.5 Å². The number of hydrogen-bond donors (Lipinski definition) is 1. The Hall–Kier alpha value is -2.81. The molecule has 0 unspecified atom stereocenters. The summed E-state index contributed by atoms with van der Waals surface area (Å²) in [6, 6.07) is 14.0. The van der Waals surface area contributed by atoms with Gasteiger partial charge in [-0.05, 0) is 36.5 Å². The van der Waals surface area contributed by atoms with Crippen molar-refractivity contribution in [3.8, 4) is 0 Å². The van der Waals surface area contributed by atoms with Crippen LogP contribution in [-0.4, -0.2) is 34.3 Å². The molecule has 1 aliphatic heterocycles. The van der Waals surface area contributed by atoms with Crippen molar-refractivity contribution in [1.29, 1.82) is 0 Å². The molecule has 1 aliphatic rings. The molecule has 4 rings (SSSR count). The first-order chi connectivity index (χ1) is 13.7. The normalized spacial score (nSPS) is 12.1. The fourth-order valence-corrected chi connectivity index (χ4v) is 3.48. The number of anilines is 2. The Morgan fingerprint density at radius 2 is 1.60 bits per heavy atom. The summed E-state index contributed by atoms with van der Waals surface area (Å²) in [5, 5.41) is 9.65. The minimum absolute atomic E-state index is 0. The zero-order chi connectivity index (χ0) is 21.3. The maximum atomic E-state index is 12.9. The second-order valence-corrected chi connectivity index (χ2v) is 6.94. The molecule has 2 aromatic carbocycles. The van der Waals surface area contributed by atoms with Crippen LogP contribution in [-0.2, 0) is 40.8 Å². The van der Waals surface area contributed by atoms with Crippen LogP contribution in [0.5, 0.6) is 0 Å². The van der Waals surface area contributed by atoms with E-state index in [1.807, 2.05) is 56.6 Å². The van der Waals surface area contributed by atoms with Gasteiger partial charge in [-0.25, -0.2) is 4.79 Å². The molecule has 162 valence electrons. The van der Waals surface area contributed by atoms with Crippen molar-refractivity contribution in [1.82, 2.24) is 9.13 Å². The third-order valence-electron chi connectivity index (χ3n) is 4.68. The van der Waals surface area contributed by atoms with E-state index in [2.05, 4.69) is 0 Å². The Morgan fingerprint density at radius 1 is 1.00 bits per heavy atom. The van der Waals surface area contributed by atoms with Gasteiger partial charge in [-0.15, -0.1) is 0 Å². The van der Waals surface area contributed by atoms with Gasteiger partial charge in [0.15, 0.2) is 0 Å². The first-order valence-electron chi connectivity index (χ1n) is 9.02. The molecule has 0 saturated heterocycles. The zero-order valence-corrected chi connectivity index (χ0v) is 18.6. The number of rotatable bonds is 2. The van der Waals surface area contributed by atoms with Crippen molar-refractivity contribution < 1.29 is 32.3 Å². The van der Waals surface area contributed by atoms with Crippen LogP contribution in [0.2, 0.25) is 0 Å². The van der Waals surface area contributed by atoms with Gasteiger partial charge in [-0.2, -0.15) is 6.67 Å². The Bertz CT molecular complexity index is 1200. The van der Waals surface area contributed by atoms with Crippen molar-refractivity contribution in [2.45, 2.75) is 13.5 Å². The first-order valence-corrected chi connectivity index (χ1v) is 9.02. The SMILES string of the molecule is CC(=O)O.CN1[CH-]N(C)c2c1c(=O)n(Cc1ccc3ccccc3c1)c(=O)n2C.[Ag+]. The van der Waals surface area contributed by atoms with Crippen LogP contribution in [0, 0.1) is 6.67 Å². The standard InChI is InChI=1S/C19H19N4O2.C2H4O2.Ag/c1-20-12-21(2)17-16(20)18(24)23(19(25)22(17)3)11-13-8-9-14-6-4-5-7-15(14)10-13;1-2(3)4;/h4-10,12H,11H2,1-3H3;1H3,(H,3,4);/q-1;;+1. The van der Waals surface area contributed by atoms with Gasteiger partial charge in [0.1, 0.15) is 11.5 Å². The number of carboxylic acid groups (broad SMARTS) is 1.